The third-order valence-electron chi connectivity index (χ3n) is 2.94. The molecule has 2 rings (SSSR count). The Bertz CT molecular complexity index is 628. The van der Waals surface area contributed by atoms with E-state index in [0.29, 0.717) is 17.1 Å². The summed E-state index contributed by atoms with van der Waals surface area (Å²) in [6.45, 7) is 0.958. The molecule has 0 atom stereocenters. The molecular formula is C13H9F4NO3. The molecule has 0 aromatic heterocycles. The van der Waals surface area contributed by atoms with E-state index in [9.17, 15) is 27.2 Å². The Hall–Kier alpha value is -2.38. The van der Waals surface area contributed by atoms with Gasteiger partial charge in [-0.15, -0.1) is 0 Å². The van der Waals surface area contributed by atoms with E-state index in [0.717, 1.165) is 6.92 Å². The number of carbonyl (C=O) groups is 2. The van der Waals surface area contributed by atoms with Gasteiger partial charge in [-0.25, -0.2) is 27.3 Å². The van der Waals surface area contributed by atoms with Crippen molar-refractivity contribution in [3.63, 3.8) is 0 Å². The molecule has 21 heavy (non-hydrogen) atoms. The lowest BCUT2D eigenvalue weighted by molar-refractivity contribution is -0.122. The van der Waals surface area contributed by atoms with Crippen molar-refractivity contribution in [2.45, 2.75) is 6.92 Å². The van der Waals surface area contributed by atoms with Gasteiger partial charge in [-0.05, 0) is 13.0 Å². The summed E-state index contributed by atoms with van der Waals surface area (Å²) in [6.07, 6.45) is 0.450. The summed E-state index contributed by atoms with van der Waals surface area (Å²) < 4.78 is 58.0. The van der Waals surface area contributed by atoms with Gasteiger partial charge in [0.25, 0.3) is 5.91 Å². The Labute approximate surface area is 116 Å². The number of imide groups is 1. The normalized spacial score (nSPS) is 14.9. The van der Waals surface area contributed by atoms with E-state index in [1.54, 1.807) is 0 Å². The summed E-state index contributed by atoms with van der Waals surface area (Å²) in [5.74, 6) is -7.40. The third kappa shape index (κ3) is 2.61. The zero-order chi connectivity index (χ0) is 15.7. The van der Waals surface area contributed by atoms with Gasteiger partial charge in [-0.1, -0.05) is 0 Å². The number of cyclic esters (lactones) is 1. The molecular weight excluding hydrogens is 294 g/mol. The van der Waals surface area contributed by atoms with Crippen LogP contribution in [0, 0.1) is 30.2 Å². The molecule has 1 fully saturated rings. The topological polar surface area (TPSA) is 46.6 Å². The minimum absolute atomic E-state index is 0.00375. The first-order valence-electron chi connectivity index (χ1n) is 5.83. The maximum Gasteiger partial charge on any atom is 0.416 e. The van der Waals surface area contributed by atoms with Crippen molar-refractivity contribution in [3.05, 3.63) is 40.5 Å². The number of amides is 2. The maximum atomic E-state index is 13.7. The van der Waals surface area contributed by atoms with Gasteiger partial charge in [-0.2, -0.15) is 0 Å². The van der Waals surface area contributed by atoms with Crippen molar-refractivity contribution in [3.8, 4) is 0 Å². The lowest BCUT2D eigenvalue weighted by Gasteiger charge is -2.08. The van der Waals surface area contributed by atoms with Gasteiger partial charge < -0.3 is 4.74 Å². The minimum Gasteiger partial charge on any atom is -0.447 e. The molecule has 1 aliphatic rings. The fourth-order valence-corrected chi connectivity index (χ4v) is 1.76. The Balaban J connectivity index is 2.33. The maximum absolute atomic E-state index is 13.7. The summed E-state index contributed by atoms with van der Waals surface area (Å²) in [7, 11) is 0. The number of benzene rings is 1. The molecule has 0 bridgehead atoms. The molecule has 0 unspecified atom stereocenters. The molecule has 0 saturated carbocycles. The average Bonchev–Trinajstić information content (AvgIpc) is 2.89. The van der Waals surface area contributed by atoms with Gasteiger partial charge in [0.1, 0.15) is 12.4 Å². The number of carbonyl (C=O) groups excluding carboxylic acids is 2. The highest BCUT2D eigenvalue weighted by atomic mass is 19.2. The van der Waals surface area contributed by atoms with E-state index in [1.807, 2.05) is 0 Å². The van der Waals surface area contributed by atoms with Crippen LogP contribution in [0.1, 0.15) is 11.1 Å². The van der Waals surface area contributed by atoms with Crippen molar-refractivity contribution < 1.29 is 31.9 Å². The highest BCUT2D eigenvalue weighted by molar-refractivity contribution is 6.01. The molecule has 1 aromatic carbocycles. The van der Waals surface area contributed by atoms with Crippen LogP contribution < -0.4 is 0 Å². The Morgan fingerprint density at radius 2 is 1.81 bits per heavy atom. The van der Waals surface area contributed by atoms with Crippen LogP contribution in [-0.4, -0.2) is 30.1 Å². The molecule has 0 N–H and O–H groups in total. The van der Waals surface area contributed by atoms with Crippen LogP contribution in [0.15, 0.2) is 6.08 Å². The summed E-state index contributed by atoms with van der Waals surface area (Å²) in [5.41, 5.74) is -1.60. The first-order chi connectivity index (χ1) is 9.84. The average molecular weight is 303 g/mol. The number of rotatable bonds is 2. The molecule has 1 heterocycles. The zero-order valence-corrected chi connectivity index (χ0v) is 10.8. The number of hydrogen-bond acceptors (Lipinski definition) is 3. The van der Waals surface area contributed by atoms with Crippen LogP contribution in [0.5, 0.6) is 0 Å². The monoisotopic (exact) mass is 303 g/mol. The molecule has 8 heteroatoms. The van der Waals surface area contributed by atoms with E-state index >= 15 is 0 Å². The van der Waals surface area contributed by atoms with Gasteiger partial charge in [0, 0.05) is 17.2 Å². The van der Waals surface area contributed by atoms with Crippen LogP contribution in [0.25, 0.3) is 6.08 Å². The van der Waals surface area contributed by atoms with Crippen molar-refractivity contribution >= 4 is 18.1 Å². The van der Waals surface area contributed by atoms with Crippen molar-refractivity contribution in [2.75, 3.05) is 13.2 Å². The van der Waals surface area contributed by atoms with Gasteiger partial charge in [0.15, 0.2) is 17.5 Å². The van der Waals surface area contributed by atoms with Crippen LogP contribution in [0.2, 0.25) is 0 Å². The van der Waals surface area contributed by atoms with Crippen molar-refractivity contribution in [1.29, 1.82) is 0 Å². The first-order valence-corrected chi connectivity index (χ1v) is 5.83. The van der Waals surface area contributed by atoms with Crippen LogP contribution >= 0.6 is 0 Å². The van der Waals surface area contributed by atoms with Crippen molar-refractivity contribution in [2.24, 2.45) is 0 Å². The van der Waals surface area contributed by atoms with Crippen molar-refractivity contribution in [1.82, 2.24) is 4.90 Å². The highest BCUT2D eigenvalue weighted by Crippen LogP contribution is 2.24. The minimum atomic E-state index is -1.83. The number of hydrogen-bond donors (Lipinski definition) is 0. The molecule has 4 nitrogen and oxygen atoms in total. The Kier molecular flexibility index (Phi) is 3.97. The molecule has 0 radical (unpaired) electrons. The molecule has 1 aliphatic heterocycles. The standard InChI is InChI=1S/C13H9F4NO3/c1-6-9(14)7(11(16)12(17)10(6)15)2-3-8(19)18-4-5-21-13(18)20/h2-3H,4-5H2,1H3/b3-2+. The molecule has 112 valence electrons. The summed E-state index contributed by atoms with van der Waals surface area (Å²) in [4.78, 5) is 23.4. The molecule has 0 aliphatic carbocycles. The second kappa shape index (κ2) is 5.55. The third-order valence-corrected chi connectivity index (χ3v) is 2.94. The molecule has 1 aromatic rings. The smallest absolute Gasteiger partial charge is 0.416 e. The number of halogens is 4. The number of ether oxygens (including phenoxy) is 1. The predicted molar refractivity (Wildman–Crippen MR) is 63.1 cm³/mol. The lowest BCUT2D eigenvalue weighted by Crippen LogP contribution is -2.29. The molecule has 0 spiro atoms. The van der Waals surface area contributed by atoms with E-state index in [4.69, 9.17) is 0 Å². The Morgan fingerprint density at radius 3 is 2.38 bits per heavy atom. The van der Waals surface area contributed by atoms with Crippen LogP contribution in [0.3, 0.4) is 0 Å². The summed E-state index contributed by atoms with van der Waals surface area (Å²) in [5, 5.41) is 0. The van der Waals surface area contributed by atoms with E-state index in [1.165, 1.54) is 0 Å². The van der Waals surface area contributed by atoms with E-state index in [-0.39, 0.29) is 13.2 Å². The summed E-state index contributed by atoms with van der Waals surface area (Å²) >= 11 is 0. The van der Waals surface area contributed by atoms with E-state index < -0.39 is 46.4 Å². The second-order valence-electron chi connectivity index (χ2n) is 4.23. The Morgan fingerprint density at radius 1 is 1.14 bits per heavy atom. The fraction of sp³-hybridized carbons (Fsp3) is 0.231. The van der Waals surface area contributed by atoms with Gasteiger partial charge >= 0.3 is 6.09 Å². The zero-order valence-electron chi connectivity index (χ0n) is 10.8. The van der Waals surface area contributed by atoms with Crippen LogP contribution in [-0.2, 0) is 9.53 Å². The quantitative estimate of drug-likeness (QED) is 0.365. The van der Waals surface area contributed by atoms with Crippen LogP contribution in [0.4, 0.5) is 22.4 Å². The molecule has 2 amide bonds. The predicted octanol–water partition coefficient (Wildman–Crippen LogP) is 2.54. The van der Waals surface area contributed by atoms with Gasteiger partial charge in [-0.3, -0.25) is 4.79 Å². The SMILES string of the molecule is Cc1c(F)c(F)c(F)c(/C=C/C(=O)N2CCOC2=O)c1F. The molecule has 1 saturated heterocycles. The summed E-state index contributed by atoms with van der Waals surface area (Å²) in [6, 6.07) is 0. The lowest BCUT2D eigenvalue weighted by atomic mass is 10.1. The fourth-order valence-electron chi connectivity index (χ4n) is 1.76. The van der Waals surface area contributed by atoms with E-state index in [2.05, 4.69) is 4.74 Å². The first kappa shape index (κ1) is 15.0. The largest absolute Gasteiger partial charge is 0.447 e. The number of nitrogens with zero attached hydrogens (tertiary/aromatic N) is 1. The van der Waals surface area contributed by atoms with Gasteiger partial charge in [0.2, 0.25) is 0 Å². The van der Waals surface area contributed by atoms with Gasteiger partial charge in [0.05, 0.1) is 6.54 Å². The second-order valence-corrected chi connectivity index (χ2v) is 4.23. The highest BCUT2D eigenvalue weighted by Gasteiger charge is 2.27.